The molecule has 7 rings (SSSR count). The van der Waals surface area contributed by atoms with Gasteiger partial charge in [-0.05, 0) is 95.6 Å². The van der Waals surface area contributed by atoms with Crippen LogP contribution in [0.2, 0.25) is 0 Å². The third kappa shape index (κ3) is 14.7. The number of sulfone groups is 1. The van der Waals surface area contributed by atoms with E-state index in [-0.39, 0.29) is 92.5 Å². The molecular weight excluding hydrogens is 1080 g/mol. The molecule has 0 spiro atoms. The number of aliphatic hydroxyl groups is 1. The van der Waals surface area contributed by atoms with Gasteiger partial charge in [0.15, 0.2) is 17.1 Å². The van der Waals surface area contributed by atoms with Crippen molar-refractivity contribution in [2.45, 2.75) is 142 Å². The smallest absolute Gasteiger partial charge is 0.343 e. The number of esters is 1. The van der Waals surface area contributed by atoms with Crippen molar-refractivity contribution in [1.82, 2.24) is 50.6 Å². The summed E-state index contributed by atoms with van der Waals surface area (Å²) in [5.74, 6) is 3.07. The maximum Gasteiger partial charge on any atom is 0.343 e. The Labute approximate surface area is 476 Å². The van der Waals surface area contributed by atoms with Gasteiger partial charge in [-0.2, -0.15) is 0 Å². The Morgan fingerprint density at radius 2 is 1.61 bits per heavy atom. The van der Waals surface area contributed by atoms with Gasteiger partial charge in [0, 0.05) is 66.7 Å². The van der Waals surface area contributed by atoms with Crippen molar-refractivity contribution < 1.29 is 61.2 Å². The second-order valence-electron chi connectivity index (χ2n) is 21.0. The number of ether oxygens (including phenoxy) is 4. The van der Waals surface area contributed by atoms with Gasteiger partial charge in [-0.1, -0.05) is 46.5 Å². The summed E-state index contributed by atoms with van der Waals surface area (Å²) in [6, 6.07) is 2.96. The number of fused-ring (bicyclic) bond motifs is 6. The van der Waals surface area contributed by atoms with E-state index >= 15 is 0 Å². The number of aromatic nitrogens is 4. The van der Waals surface area contributed by atoms with Gasteiger partial charge in [0.1, 0.15) is 32.0 Å². The first-order valence-corrected chi connectivity index (χ1v) is 29.6. The molecule has 1 aromatic carbocycles. The second-order valence-corrected chi connectivity index (χ2v) is 22.9. The normalized spacial score (nSPS) is 15.7. The fraction of sp³-hybridized carbons (Fsp3) is 0.544. The highest BCUT2D eigenvalue weighted by Gasteiger charge is 2.46. The van der Waals surface area contributed by atoms with Crippen LogP contribution in [0.4, 0.5) is 0 Å². The van der Waals surface area contributed by atoms with E-state index in [1.54, 1.807) is 42.4 Å². The molecule has 0 fully saturated rings. The molecule has 3 aromatic heterocycles. The number of hydrogen-bond acceptors (Lipinski definition) is 18. The van der Waals surface area contributed by atoms with E-state index in [0.29, 0.717) is 59.7 Å². The zero-order valence-electron chi connectivity index (χ0n) is 47.8. The monoisotopic (exact) mass is 1150 g/mol. The van der Waals surface area contributed by atoms with Gasteiger partial charge in [0.25, 0.3) is 5.56 Å². The van der Waals surface area contributed by atoms with Gasteiger partial charge in [-0.15, -0.1) is 0 Å². The van der Waals surface area contributed by atoms with E-state index in [1.165, 1.54) is 12.4 Å². The minimum absolute atomic E-state index is 0.00821. The van der Waals surface area contributed by atoms with Crippen LogP contribution in [0.25, 0.3) is 22.3 Å². The van der Waals surface area contributed by atoms with Crippen LogP contribution < -0.4 is 36.3 Å². The van der Waals surface area contributed by atoms with Crippen LogP contribution in [0.3, 0.4) is 0 Å². The number of carbonyl (C=O) groups excluding carboxylic acids is 6. The predicted octanol–water partition coefficient (Wildman–Crippen LogP) is 2.35. The molecule has 3 atom stereocenters. The highest BCUT2D eigenvalue weighted by Crippen LogP contribution is 2.43. The molecule has 4 aromatic rings. The average molecular weight is 1160 g/mol. The Morgan fingerprint density at radius 1 is 0.890 bits per heavy atom. The summed E-state index contributed by atoms with van der Waals surface area (Å²) in [6.07, 6.45) is 6.29. The molecule has 0 saturated carbocycles. The first-order valence-electron chi connectivity index (χ1n) is 27.7. The van der Waals surface area contributed by atoms with Gasteiger partial charge in [0.2, 0.25) is 51.3 Å². The highest BCUT2D eigenvalue weighted by molar-refractivity contribution is 7.90. The number of amides is 5. The van der Waals surface area contributed by atoms with Gasteiger partial charge in [-0.25, -0.2) is 28.2 Å². The number of cyclic esters (lactones) is 1. The van der Waals surface area contributed by atoms with Crippen molar-refractivity contribution in [2.75, 3.05) is 59.1 Å². The molecule has 24 nitrogen and oxygen atoms in total. The third-order valence-corrected chi connectivity index (χ3v) is 15.6. The van der Waals surface area contributed by atoms with E-state index in [4.69, 9.17) is 23.9 Å². The molecule has 442 valence electrons. The summed E-state index contributed by atoms with van der Waals surface area (Å²) in [5, 5.41) is 22.6. The average Bonchev–Trinajstić information content (AvgIpc) is 4.11. The lowest BCUT2D eigenvalue weighted by molar-refractivity contribution is -0.172. The minimum atomic E-state index is -3.55. The predicted molar refractivity (Wildman–Crippen MR) is 299 cm³/mol. The second kappa shape index (κ2) is 27.5. The van der Waals surface area contributed by atoms with Crippen LogP contribution in [-0.2, 0) is 73.3 Å². The standard InChI is InChI=1S/C57H74N10O14S/c1-9-57(75)41-24-44-51-39(29-67(44)54(73)40(41)30-79-55(57)74)37(38-23-45-46(81-33-80-45)25-43(38)62-51)20-22-66(35(6)7)49(70)31-78-32-61-48(69)28-58-52(71)42(18-15-16-21-65(10-2)11-3)63-53(72)50(34(4)5)64-47(68)19-14-12-13-17-36-26-59-56(60-27-36)82(8,76)77/h23-27,34-35,42,50,75H,9-12,14-16,18-22,28-33H2,1-8H3,(H,58,71)(H,61,69)(H,63,72)(H,64,68)/t42-,50-,57-/m0/s1. The molecular formula is C57H74N10O14S. The lowest BCUT2D eigenvalue weighted by Crippen LogP contribution is -2.56. The van der Waals surface area contributed by atoms with Crippen molar-refractivity contribution in [2.24, 2.45) is 5.92 Å². The molecule has 5 N–H and O–H groups in total. The largest absolute Gasteiger partial charge is 0.458 e. The van der Waals surface area contributed by atoms with Gasteiger partial charge in [0.05, 0.1) is 41.1 Å². The Hall–Kier alpha value is -7.53. The lowest BCUT2D eigenvalue weighted by atomic mass is 9.86. The Morgan fingerprint density at radius 3 is 2.28 bits per heavy atom. The van der Waals surface area contributed by atoms with Crippen LogP contribution in [0.15, 0.2) is 40.5 Å². The number of unbranched alkanes of at least 4 members (excludes halogenated alkanes) is 2. The maximum atomic E-state index is 14.1. The van der Waals surface area contributed by atoms with Crippen molar-refractivity contribution in [3.8, 4) is 34.7 Å². The van der Waals surface area contributed by atoms with Crippen LogP contribution in [0.1, 0.15) is 121 Å². The summed E-state index contributed by atoms with van der Waals surface area (Å²) in [7, 11) is -3.55. The first-order chi connectivity index (χ1) is 39.1. The van der Waals surface area contributed by atoms with Crippen molar-refractivity contribution >= 4 is 56.2 Å². The van der Waals surface area contributed by atoms with Crippen LogP contribution in [0.5, 0.6) is 11.5 Å². The molecule has 6 heterocycles. The Bertz CT molecular complexity index is 3300. The fourth-order valence-corrected chi connectivity index (χ4v) is 10.5. The number of benzene rings is 1. The van der Waals surface area contributed by atoms with Gasteiger partial charge >= 0.3 is 5.97 Å². The molecule has 25 heteroatoms. The Balaban J connectivity index is 0.929. The third-order valence-electron chi connectivity index (χ3n) is 14.8. The Kier molecular flexibility index (Phi) is 20.8. The number of pyridine rings is 2. The summed E-state index contributed by atoms with van der Waals surface area (Å²) in [4.78, 5) is 111. The molecule has 0 aliphatic carbocycles. The van der Waals surface area contributed by atoms with Gasteiger partial charge < -0.3 is 59.7 Å². The molecule has 0 radical (unpaired) electrons. The van der Waals surface area contributed by atoms with E-state index in [1.807, 2.05) is 19.9 Å². The fourth-order valence-electron chi connectivity index (χ4n) is 10.1. The van der Waals surface area contributed by atoms with E-state index in [0.717, 1.165) is 48.8 Å². The number of hydrogen-bond donors (Lipinski definition) is 5. The van der Waals surface area contributed by atoms with Crippen LogP contribution in [-0.4, -0.2) is 156 Å². The number of nitrogens with one attached hydrogen (secondary N) is 4. The molecule has 82 heavy (non-hydrogen) atoms. The van der Waals surface area contributed by atoms with Crippen molar-refractivity contribution in [1.29, 1.82) is 0 Å². The summed E-state index contributed by atoms with van der Waals surface area (Å²) < 4.78 is 47.1. The molecule has 0 unspecified atom stereocenters. The minimum Gasteiger partial charge on any atom is -0.458 e. The summed E-state index contributed by atoms with van der Waals surface area (Å²) >= 11 is 0. The van der Waals surface area contributed by atoms with Crippen LogP contribution >= 0.6 is 0 Å². The highest BCUT2D eigenvalue weighted by atomic mass is 32.2. The van der Waals surface area contributed by atoms with Crippen LogP contribution in [0, 0.1) is 17.8 Å². The SMILES string of the molecule is CCN(CC)CCCC[C@H](NC(=O)[C@@H](NC(=O)CCCC#Cc1cnc(S(C)(=O)=O)nc1)C(C)C)C(=O)NCC(=O)NCOCC(=O)N(CCc1c2c(nc3cc4c(cc13)OCO4)-c1cc3c(c(=O)n1C2)COC(=O)[C@]3(O)CC)C(C)C. The molecule has 0 saturated heterocycles. The molecule has 3 aliphatic heterocycles. The molecule has 3 aliphatic rings. The number of carbonyl (C=O) groups is 6. The number of rotatable bonds is 27. The lowest BCUT2D eigenvalue weighted by Gasteiger charge is -2.31. The number of nitrogens with zero attached hydrogens (tertiary/aromatic N) is 6. The summed E-state index contributed by atoms with van der Waals surface area (Å²) in [6.45, 7) is 14.4. The van der Waals surface area contributed by atoms with Crippen molar-refractivity contribution in [3.63, 3.8) is 0 Å². The molecule has 5 amide bonds. The van der Waals surface area contributed by atoms with Gasteiger partial charge in [-0.3, -0.25) is 28.8 Å². The topological polar surface area (TPSA) is 309 Å². The van der Waals surface area contributed by atoms with Crippen molar-refractivity contribution in [3.05, 3.63) is 68.8 Å². The van der Waals surface area contributed by atoms with E-state index in [2.05, 4.69) is 61.8 Å². The quantitative estimate of drug-likeness (QED) is 0.0166. The van der Waals surface area contributed by atoms with E-state index in [9.17, 15) is 47.1 Å². The first kappa shape index (κ1) is 62.1. The summed E-state index contributed by atoms with van der Waals surface area (Å²) in [5.41, 5.74) is 1.41. The maximum absolute atomic E-state index is 14.1. The van der Waals surface area contributed by atoms with E-state index < -0.39 is 69.9 Å². The zero-order chi connectivity index (χ0) is 59.5. The zero-order valence-corrected chi connectivity index (χ0v) is 48.6. The molecule has 0 bridgehead atoms.